The first-order valence-corrected chi connectivity index (χ1v) is 9.10. The van der Waals surface area contributed by atoms with Gasteiger partial charge in [-0.2, -0.15) is 0 Å². The van der Waals surface area contributed by atoms with Crippen LogP contribution in [-0.4, -0.2) is 65.7 Å². The lowest BCUT2D eigenvalue weighted by Crippen LogP contribution is -2.47. The fraction of sp³-hybridized carbons (Fsp3) is 0.722. The lowest BCUT2D eigenvalue weighted by Gasteiger charge is -2.25. The Labute approximate surface area is 159 Å². The van der Waals surface area contributed by atoms with E-state index < -0.39 is 17.9 Å². The van der Waals surface area contributed by atoms with Gasteiger partial charge in [0, 0.05) is 44.3 Å². The highest BCUT2D eigenvalue weighted by Crippen LogP contribution is 2.06. The average Bonchev–Trinajstić information content (AvgIpc) is 2.59. The van der Waals surface area contributed by atoms with Crippen molar-refractivity contribution < 1.29 is 29.1 Å². The van der Waals surface area contributed by atoms with Crippen LogP contribution in [0.25, 0.3) is 0 Å². The molecule has 154 valence electrons. The van der Waals surface area contributed by atoms with Gasteiger partial charge in [-0.15, -0.1) is 0 Å². The molecule has 0 bridgehead atoms. The number of Topliss-reactive ketones (excluding diaryl/α,β-unsaturated/α-hetero) is 1. The van der Waals surface area contributed by atoms with E-state index >= 15 is 0 Å². The van der Waals surface area contributed by atoms with Crippen molar-refractivity contribution in [3.05, 3.63) is 0 Å². The molecular formula is C18H31N3O6. The summed E-state index contributed by atoms with van der Waals surface area (Å²) in [7, 11) is 0. The zero-order valence-electron chi connectivity index (χ0n) is 16.5. The molecule has 0 heterocycles. The molecule has 0 unspecified atom stereocenters. The summed E-state index contributed by atoms with van der Waals surface area (Å²) in [6, 6.07) is -0.949. The third-order valence-electron chi connectivity index (χ3n) is 3.99. The standard InChI is InChI=1S/C18H31N3O6/c1-12(2)15(23)7-9-21(18(27)13(3)4)10-8-19-17(26)14(20-11-22)5-6-16(24)25/h11-14H,5-10H2,1-4H3,(H,19,26)(H,20,22)(H,24,25)/t14-/m0/s1. The van der Waals surface area contributed by atoms with E-state index in [1.54, 1.807) is 27.7 Å². The van der Waals surface area contributed by atoms with E-state index in [1.807, 2.05) is 0 Å². The second-order valence-corrected chi connectivity index (χ2v) is 6.91. The molecule has 1 atom stereocenters. The van der Waals surface area contributed by atoms with Crippen LogP contribution in [0.15, 0.2) is 0 Å². The second kappa shape index (κ2) is 12.8. The molecule has 3 amide bonds. The van der Waals surface area contributed by atoms with Crippen LogP contribution in [0.2, 0.25) is 0 Å². The van der Waals surface area contributed by atoms with E-state index in [0.29, 0.717) is 6.41 Å². The molecule has 0 aliphatic heterocycles. The zero-order valence-corrected chi connectivity index (χ0v) is 16.5. The number of carboxylic acid groups (broad SMARTS) is 1. The number of rotatable bonds is 14. The Hall–Kier alpha value is -2.45. The molecule has 0 aromatic rings. The number of carbonyl (C=O) groups excluding carboxylic acids is 4. The number of nitrogens with zero attached hydrogens (tertiary/aromatic N) is 1. The smallest absolute Gasteiger partial charge is 0.303 e. The van der Waals surface area contributed by atoms with Crippen LogP contribution in [0.1, 0.15) is 47.0 Å². The summed E-state index contributed by atoms with van der Waals surface area (Å²) in [6.45, 7) is 7.75. The molecule has 0 rings (SSSR count). The maximum absolute atomic E-state index is 12.3. The van der Waals surface area contributed by atoms with Gasteiger partial charge in [0.05, 0.1) is 0 Å². The van der Waals surface area contributed by atoms with Crippen LogP contribution in [0, 0.1) is 11.8 Å². The first kappa shape index (κ1) is 24.6. The van der Waals surface area contributed by atoms with Crippen molar-refractivity contribution in [2.75, 3.05) is 19.6 Å². The Morgan fingerprint density at radius 1 is 1.00 bits per heavy atom. The maximum atomic E-state index is 12.3. The highest BCUT2D eigenvalue weighted by Gasteiger charge is 2.21. The summed E-state index contributed by atoms with van der Waals surface area (Å²) in [5.41, 5.74) is 0. The Balaban J connectivity index is 4.68. The van der Waals surface area contributed by atoms with Gasteiger partial charge in [-0.1, -0.05) is 27.7 Å². The minimum atomic E-state index is -1.07. The molecule has 0 fully saturated rings. The van der Waals surface area contributed by atoms with Gasteiger partial charge in [-0.25, -0.2) is 0 Å². The molecule has 0 aromatic carbocycles. The van der Waals surface area contributed by atoms with Crippen molar-refractivity contribution >= 4 is 30.0 Å². The van der Waals surface area contributed by atoms with Crippen molar-refractivity contribution in [3.8, 4) is 0 Å². The van der Waals surface area contributed by atoms with E-state index in [4.69, 9.17) is 5.11 Å². The quantitative estimate of drug-likeness (QED) is 0.365. The third-order valence-corrected chi connectivity index (χ3v) is 3.99. The van der Waals surface area contributed by atoms with Crippen molar-refractivity contribution in [2.24, 2.45) is 11.8 Å². The van der Waals surface area contributed by atoms with Gasteiger partial charge >= 0.3 is 5.97 Å². The number of carbonyl (C=O) groups is 5. The minimum absolute atomic E-state index is 0.0303. The second-order valence-electron chi connectivity index (χ2n) is 6.91. The molecule has 0 radical (unpaired) electrons. The maximum Gasteiger partial charge on any atom is 0.303 e. The number of amides is 3. The predicted molar refractivity (Wildman–Crippen MR) is 98.7 cm³/mol. The van der Waals surface area contributed by atoms with Gasteiger partial charge in [0.2, 0.25) is 18.2 Å². The van der Waals surface area contributed by atoms with E-state index in [2.05, 4.69) is 10.6 Å². The summed E-state index contributed by atoms with van der Waals surface area (Å²) in [4.78, 5) is 59.0. The Kier molecular flexibility index (Phi) is 11.7. The monoisotopic (exact) mass is 385 g/mol. The summed E-state index contributed by atoms with van der Waals surface area (Å²) in [5, 5.41) is 13.6. The highest BCUT2D eigenvalue weighted by atomic mass is 16.4. The van der Waals surface area contributed by atoms with Gasteiger partial charge in [0.15, 0.2) is 0 Å². The Morgan fingerprint density at radius 3 is 2.11 bits per heavy atom. The summed E-state index contributed by atoms with van der Waals surface area (Å²) in [5.74, 6) is -1.98. The van der Waals surface area contributed by atoms with Crippen LogP contribution >= 0.6 is 0 Å². The van der Waals surface area contributed by atoms with E-state index in [0.717, 1.165) is 0 Å². The van der Waals surface area contributed by atoms with E-state index in [-0.39, 0.29) is 62.4 Å². The molecule has 0 aliphatic rings. The number of hydrogen-bond donors (Lipinski definition) is 3. The van der Waals surface area contributed by atoms with Crippen LogP contribution in [0.4, 0.5) is 0 Å². The molecule has 9 nitrogen and oxygen atoms in total. The van der Waals surface area contributed by atoms with Gasteiger partial charge < -0.3 is 20.6 Å². The van der Waals surface area contributed by atoms with Gasteiger partial charge in [0.25, 0.3) is 0 Å². The fourth-order valence-electron chi connectivity index (χ4n) is 2.31. The first-order chi connectivity index (χ1) is 12.6. The number of aliphatic carboxylic acids is 1. The zero-order chi connectivity index (χ0) is 21.0. The number of nitrogens with one attached hydrogen (secondary N) is 2. The van der Waals surface area contributed by atoms with Gasteiger partial charge in [0.1, 0.15) is 11.8 Å². The molecule has 27 heavy (non-hydrogen) atoms. The summed E-state index contributed by atoms with van der Waals surface area (Å²) < 4.78 is 0. The van der Waals surface area contributed by atoms with Gasteiger partial charge in [-0.3, -0.25) is 24.0 Å². The Morgan fingerprint density at radius 2 is 1.63 bits per heavy atom. The Bertz CT molecular complexity index is 533. The average molecular weight is 385 g/mol. The topological polar surface area (TPSA) is 133 Å². The molecule has 3 N–H and O–H groups in total. The molecular weight excluding hydrogens is 354 g/mol. The van der Waals surface area contributed by atoms with Crippen molar-refractivity contribution in [3.63, 3.8) is 0 Å². The van der Waals surface area contributed by atoms with E-state index in [9.17, 15) is 24.0 Å². The van der Waals surface area contributed by atoms with Crippen molar-refractivity contribution in [1.82, 2.24) is 15.5 Å². The molecule has 0 spiro atoms. The third kappa shape index (κ3) is 10.3. The van der Waals surface area contributed by atoms with E-state index in [1.165, 1.54) is 4.90 Å². The highest BCUT2D eigenvalue weighted by molar-refractivity contribution is 5.84. The summed E-state index contributed by atoms with van der Waals surface area (Å²) >= 11 is 0. The number of hydrogen-bond acceptors (Lipinski definition) is 5. The molecule has 0 saturated carbocycles. The number of ketones is 1. The van der Waals surface area contributed by atoms with Crippen LogP contribution in [-0.2, 0) is 24.0 Å². The SMILES string of the molecule is CC(C)C(=O)CCN(CCNC(=O)[C@H](CCC(=O)O)NC=O)C(=O)C(C)C. The minimum Gasteiger partial charge on any atom is -0.481 e. The van der Waals surface area contributed by atoms with Gasteiger partial charge in [-0.05, 0) is 6.42 Å². The van der Waals surface area contributed by atoms with Crippen molar-refractivity contribution in [1.29, 1.82) is 0 Å². The lowest BCUT2D eigenvalue weighted by atomic mass is 10.1. The van der Waals surface area contributed by atoms with Crippen molar-refractivity contribution in [2.45, 2.75) is 53.0 Å². The van der Waals surface area contributed by atoms with Crippen LogP contribution in [0.5, 0.6) is 0 Å². The molecule has 0 aromatic heterocycles. The molecule has 0 aliphatic carbocycles. The lowest BCUT2D eigenvalue weighted by molar-refractivity contribution is -0.138. The fourth-order valence-corrected chi connectivity index (χ4v) is 2.31. The normalized spacial score (nSPS) is 11.8. The predicted octanol–water partition coefficient (Wildman–Crippen LogP) is 0.182. The summed E-state index contributed by atoms with van der Waals surface area (Å²) in [6.07, 6.45) is 0.307. The largest absolute Gasteiger partial charge is 0.481 e. The van der Waals surface area contributed by atoms with Crippen LogP contribution < -0.4 is 10.6 Å². The van der Waals surface area contributed by atoms with Crippen LogP contribution in [0.3, 0.4) is 0 Å². The molecule has 9 heteroatoms. The first-order valence-electron chi connectivity index (χ1n) is 9.10. The molecule has 0 saturated heterocycles. The number of carboxylic acids is 1.